The second-order valence-corrected chi connectivity index (χ2v) is 8.77. The number of amides is 1. The molecule has 1 aliphatic carbocycles. The van der Waals surface area contributed by atoms with Crippen LogP contribution in [0.25, 0.3) is 0 Å². The first-order valence-corrected chi connectivity index (χ1v) is 11.2. The third-order valence-electron chi connectivity index (χ3n) is 5.81. The lowest BCUT2D eigenvalue weighted by Crippen LogP contribution is -2.44. The summed E-state index contributed by atoms with van der Waals surface area (Å²) in [4.78, 5) is 24.1. The van der Waals surface area contributed by atoms with Gasteiger partial charge in [0.15, 0.2) is 0 Å². The van der Waals surface area contributed by atoms with Crippen molar-refractivity contribution in [2.75, 3.05) is 19.6 Å². The van der Waals surface area contributed by atoms with E-state index in [-0.39, 0.29) is 11.9 Å². The van der Waals surface area contributed by atoms with Gasteiger partial charge in [0, 0.05) is 30.9 Å². The monoisotopic (exact) mass is 396 g/mol. The van der Waals surface area contributed by atoms with Crippen molar-refractivity contribution in [1.29, 1.82) is 0 Å². The molecule has 1 fully saturated rings. The van der Waals surface area contributed by atoms with Crippen LogP contribution in [0.5, 0.6) is 0 Å². The first kappa shape index (κ1) is 19.3. The minimum Gasteiger partial charge on any atom is -0.341 e. The summed E-state index contributed by atoms with van der Waals surface area (Å²) in [5.41, 5.74) is 0.464. The molecule has 0 unspecified atom stereocenters. The third kappa shape index (κ3) is 4.86. The molecule has 0 spiro atoms. The zero-order valence-electron chi connectivity index (χ0n) is 16.2. The summed E-state index contributed by atoms with van der Waals surface area (Å²) in [6.45, 7) is 3.35. The van der Waals surface area contributed by atoms with Crippen LogP contribution in [0, 0.1) is 11.8 Å². The van der Waals surface area contributed by atoms with Gasteiger partial charge in [0.05, 0.1) is 6.04 Å². The van der Waals surface area contributed by atoms with E-state index in [1.54, 1.807) is 23.6 Å². The Morgan fingerprint density at radius 2 is 2.21 bits per heavy atom. The van der Waals surface area contributed by atoms with Gasteiger partial charge in [-0.3, -0.25) is 9.78 Å². The minimum atomic E-state index is -0.115. The van der Waals surface area contributed by atoms with Crippen LogP contribution in [0.4, 0.5) is 0 Å². The summed E-state index contributed by atoms with van der Waals surface area (Å²) in [6, 6.07) is 5.39. The number of allylic oxidation sites excluding steroid dienone is 2. The van der Waals surface area contributed by atoms with Gasteiger partial charge in [-0.1, -0.05) is 18.2 Å². The van der Waals surface area contributed by atoms with Crippen molar-refractivity contribution in [3.63, 3.8) is 0 Å². The van der Waals surface area contributed by atoms with Crippen molar-refractivity contribution in [3.05, 3.63) is 58.8 Å². The van der Waals surface area contributed by atoms with Crippen LogP contribution < -0.4 is 5.32 Å². The van der Waals surface area contributed by atoms with Crippen LogP contribution >= 0.6 is 11.3 Å². The van der Waals surface area contributed by atoms with Crippen LogP contribution in [-0.2, 0) is 0 Å². The second kappa shape index (κ2) is 9.43. The Kier molecular flexibility index (Phi) is 6.49. The van der Waals surface area contributed by atoms with E-state index >= 15 is 0 Å². The molecule has 1 amide bonds. The van der Waals surface area contributed by atoms with Crippen molar-refractivity contribution in [2.45, 2.75) is 38.1 Å². The molecule has 1 aliphatic heterocycles. The molecule has 1 saturated heterocycles. The minimum absolute atomic E-state index is 0.0523. The SMILES string of the molecule is O=C(N[C@H](c1nccs1)[C@@H]1CCCN(C[C@H]2CC=CCC2)C1)c1ccccn1. The highest BCUT2D eigenvalue weighted by molar-refractivity contribution is 7.09. The zero-order valence-corrected chi connectivity index (χ0v) is 17.0. The smallest absolute Gasteiger partial charge is 0.270 e. The van der Waals surface area contributed by atoms with E-state index in [9.17, 15) is 4.79 Å². The van der Waals surface area contributed by atoms with Crippen molar-refractivity contribution in [2.24, 2.45) is 11.8 Å². The number of carbonyl (C=O) groups excluding carboxylic acids is 1. The first-order chi connectivity index (χ1) is 13.8. The van der Waals surface area contributed by atoms with Gasteiger partial charge in [-0.05, 0) is 62.6 Å². The van der Waals surface area contributed by atoms with Crippen LogP contribution in [0.1, 0.15) is 53.6 Å². The number of hydrogen-bond donors (Lipinski definition) is 1. The molecule has 28 heavy (non-hydrogen) atoms. The summed E-state index contributed by atoms with van der Waals surface area (Å²) in [5.74, 6) is 1.03. The molecule has 0 saturated carbocycles. The number of carbonyl (C=O) groups is 1. The number of nitrogens with one attached hydrogen (secondary N) is 1. The number of piperidine rings is 1. The fourth-order valence-electron chi connectivity index (χ4n) is 4.40. The van der Waals surface area contributed by atoms with E-state index in [0.29, 0.717) is 11.6 Å². The Morgan fingerprint density at radius 1 is 1.25 bits per heavy atom. The van der Waals surface area contributed by atoms with Gasteiger partial charge in [-0.25, -0.2) is 4.98 Å². The van der Waals surface area contributed by atoms with Crippen molar-refractivity contribution in [3.8, 4) is 0 Å². The molecule has 4 rings (SSSR count). The van der Waals surface area contributed by atoms with Crippen LogP contribution in [0.2, 0.25) is 0 Å². The van der Waals surface area contributed by atoms with Crippen molar-refractivity contribution in [1.82, 2.24) is 20.2 Å². The normalized spacial score (nSPS) is 24.0. The van der Waals surface area contributed by atoms with E-state index in [1.807, 2.05) is 23.7 Å². The average Bonchev–Trinajstić information content (AvgIpc) is 3.28. The standard InChI is InChI=1S/C22H28N4OS/c27-21(19-10-4-5-11-23-19)25-20(22-24-12-14-28-22)18-9-6-13-26(16-18)15-17-7-2-1-3-8-17/h1-2,4-5,10-12,14,17-18,20H,3,6-9,13,15-16H2,(H,25,27)/t17-,18+,20-/m0/s1. The summed E-state index contributed by atoms with van der Waals surface area (Å²) in [7, 11) is 0. The Hall–Kier alpha value is -2.05. The number of pyridine rings is 1. The summed E-state index contributed by atoms with van der Waals surface area (Å²) in [6.07, 6.45) is 14.1. The van der Waals surface area contributed by atoms with E-state index < -0.39 is 0 Å². The number of likely N-dealkylation sites (tertiary alicyclic amines) is 1. The summed E-state index contributed by atoms with van der Waals surface area (Å²) in [5, 5.41) is 6.23. The molecule has 2 aromatic rings. The lowest BCUT2D eigenvalue weighted by molar-refractivity contribution is 0.0862. The zero-order chi connectivity index (χ0) is 19.2. The maximum atomic E-state index is 12.8. The molecule has 2 aromatic heterocycles. The topological polar surface area (TPSA) is 58.1 Å². The quantitative estimate of drug-likeness (QED) is 0.748. The van der Waals surface area contributed by atoms with Gasteiger partial charge in [0.25, 0.3) is 5.91 Å². The molecule has 0 aromatic carbocycles. The molecule has 0 bridgehead atoms. The Labute approximate surface area is 170 Å². The van der Waals surface area contributed by atoms with Gasteiger partial charge in [0.1, 0.15) is 10.7 Å². The maximum absolute atomic E-state index is 12.8. The number of rotatable bonds is 6. The Morgan fingerprint density at radius 3 is 2.96 bits per heavy atom. The predicted molar refractivity (Wildman–Crippen MR) is 112 cm³/mol. The largest absolute Gasteiger partial charge is 0.341 e. The average molecular weight is 397 g/mol. The van der Waals surface area contributed by atoms with Gasteiger partial charge in [0.2, 0.25) is 0 Å². The highest BCUT2D eigenvalue weighted by Crippen LogP contribution is 2.32. The highest BCUT2D eigenvalue weighted by atomic mass is 32.1. The molecule has 3 atom stereocenters. The van der Waals surface area contributed by atoms with Gasteiger partial charge in [-0.2, -0.15) is 0 Å². The number of thiazole rings is 1. The maximum Gasteiger partial charge on any atom is 0.270 e. The molecule has 0 radical (unpaired) electrons. The van der Waals surface area contributed by atoms with Crippen LogP contribution in [-0.4, -0.2) is 40.4 Å². The molecule has 1 N–H and O–H groups in total. The van der Waals surface area contributed by atoms with E-state index in [4.69, 9.17) is 0 Å². The van der Waals surface area contributed by atoms with Crippen molar-refractivity contribution < 1.29 is 4.79 Å². The second-order valence-electron chi connectivity index (χ2n) is 7.85. The van der Waals surface area contributed by atoms with Gasteiger partial charge >= 0.3 is 0 Å². The fraction of sp³-hybridized carbons (Fsp3) is 0.500. The van der Waals surface area contributed by atoms with Gasteiger partial charge in [-0.15, -0.1) is 11.3 Å². The predicted octanol–water partition coefficient (Wildman–Crippen LogP) is 4.08. The lowest BCUT2D eigenvalue weighted by Gasteiger charge is -2.38. The molecule has 3 heterocycles. The molecular weight excluding hydrogens is 368 g/mol. The van der Waals surface area contributed by atoms with Gasteiger partial charge < -0.3 is 10.2 Å². The summed E-state index contributed by atoms with van der Waals surface area (Å²) >= 11 is 1.62. The van der Waals surface area contributed by atoms with E-state index in [2.05, 4.69) is 32.3 Å². The summed E-state index contributed by atoms with van der Waals surface area (Å²) < 4.78 is 0. The van der Waals surface area contributed by atoms with Crippen LogP contribution in [0.3, 0.4) is 0 Å². The van der Waals surface area contributed by atoms with E-state index in [1.165, 1.54) is 32.2 Å². The number of nitrogens with zero attached hydrogens (tertiary/aromatic N) is 3. The number of hydrogen-bond acceptors (Lipinski definition) is 5. The van der Waals surface area contributed by atoms with Crippen molar-refractivity contribution >= 4 is 17.2 Å². The molecule has 2 aliphatic rings. The Bertz CT molecular complexity index is 777. The molecule has 6 heteroatoms. The van der Waals surface area contributed by atoms with E-state index in [0.717, 1.165) is 30.4 Å². The third-order valence-corrected chi connectivity index (χ3v) is 6.67. The first-order valence-electron chi connectivity index (χ1n) is 10.3. The molecular formula is C22H28N4OS. The molecule has 5 nitrogen and oxygen atoms in total. The van der Waals surface area contributed by atoms with Crippen LogP contribution in [0.15, 0.2) is 48.1 Å². The lowest BCUT2D eigenvalue weighted by atomic mass is 9.88. The highest BCUT2D eigenvalue weighted by Gasteiger charge is 2.32. The Balaban J connectivity index is 1.45. The fourth-order valence-corrected chi connectivity index (χ4v) is 5.18. The molecule has 148 valence electrons. The number of aromatic nitrogens is 2.